The summed E-state index contributed by atoms with van der Waals surface area (Å²) in [5.41, 5.74) is 0.541. The van der Waals surface area contributed by atoms with Crippen molar-refractivity contribution in [3.8, 4) is 5.75 Å². The average molecular weight is 358 g/mol. The summed E-state index contributed by atoms with van der Waals surface area (Å²) in [5.74, 6) is 0.896. The van der Waals surface area contributed by atoms with Crippen LogP contribution >= 0.6 is 11.8 Å². The Morgan fingerprint density at radius 1 is 1.16 bits per heavy atom. The van der Waals surface area contributed by atoms with Crippen LogP contribution < -0.4 is 10.1 Å². The van der Waals surface area contributed by atoms with E-state index in [-0.39, 0.29) is 24.1 Å². The molecule has 0 aliphatic carbocycles. The van der Waals surface area contributed by atoms with Gasteiger partial charge in [0.05, 0.1) is 5.75 Å². The number of nitrogens with one attached hydrogen (secondary N) is 2. The normalized spacial score (nSPS) is 10.4. The van der Waals surface area contributed by atoms with Crippen molar-refractivity contribution in [3.05, 3.63) is 66.2 Å². The van der Waals surface area contributed by atoms with Gasteiger partial charge in [-0.1, -0.05) is 30.0 Å². The molecule has 3 aromatic rings. The molecule has 2 aromatic carbocycles. The van der Waals surface area contributed by atoms with Gasteiger partial charge in [0.1, 0.15) is 18.2 Å². The van der Waals surface area contributed by atoms with Gasteiger partial charge in [-0.25, -0.2) is 9.37 Å². The average Bonchev–Trinajstić information content (AvgIpc) is 3.09. The molecule has 0 aliphatic rings. The van der Waals surface area contributed by atoms with Gasteiger partial charge in [0.2, 0.25) is 11.1 Å². The van der Waals surface area contributed by atoms with Crippen LogP contribution in [0.4, 0.5) is 10.1 Å². The topological polar surface area (TPSA) is 79.9 Å². The van der Waals surface area contributed by atoms with Crippen molar-refractivity contribution in [2.24, 2.45) is 0 Å². The van der Waals surface area contributed by atoms with Gasteiger partial charge in [-0.2, -0.15) is 0 Å². The van der Waals surface area contributed by atoms with Crippen LogP contribution in [0, 0.1) is 5.82 Å². The first-order valence-corrected chi connectivity index (χ1v) is 8.45. The highest BCUT2D eigenvalue weighted by molar-refractivity contribution is 7.99. The Balaban J connectivity index is 1.45. The fourth-order valence-electron chi connectivity index (χ4n) is 1.94. The van der Waals surface area contributed by atoms with Crippen LogP contribution in [0.15, 0.2) is 59.8 Å². The molecule has 0 atom stereocenters. The van der Waals surface area contributed by atoms with Crippen molar-refractivity contribution >= 4 is 23.4 Å². The van der Waals surface area contributed by atoms with Crippen molar-refractivity contribution < 1.29 is 13.9 Å². The zero-order valence-electron chi connectivity index (χ0n) is 13.1. The molecule has 0 radical (unpaired) electrons. The third-order valence-corrected chi connectivity index (χ3v) is 3.94. The maximum absolute atomic E-state index is 12.8. The number of ether oxygens (including phenoxy) is 1. The number of hydrogen-bond donors (Lipinski definition) is 2. The standard InChI is InChI=1S/C17H15FN4O2S/c18-12-6-8-13(9-7-12)19-16(23)11-25-17-20-15(21-22-17)10-24-14-4-2-1-3-5-14/h1-9H,10-11H2,(H,19,23)(H,20,21,22). The first-order chi connectivity index (χ1) is 12.2. The van der Waals surface area contributed by atoms with Crippen LogP contribution in [0.25, 0.3) is 0 Å². The second-order valence-corrected chi connectivity index (χ2v) is 5.95. The highest BCUT2D eigenvalue weighted by Gasteiger charge is 2.08. The summed E-state index contributed by atoms with van der Waals surface area (Å²) in [7, 11) is 0. The number of rotatable bonds is 7. The van der Waals surface area contributed by atoms with Crippen LogP contribution in [-0.2, 0) is 11.4 Å². The van der Waals surface area contributed by atoms with Crippen molar-refractivity contribution in [2.75, 3.05) is 11.1 Å². The number of aromatic amines is 1. The van der Waals surface area contributed by atoms with E-state index >= 15 is 0 Å². The van der Waals surface area contributed by atoms with Crippen molar-refractivity contribution in [1.82, 2.24) is 15.2 Å². The Labute approximate surface area is 147 Å². The lowest BCUT2D eigenvalue weighted by atomic mass is 10.3. The van der Waals surface area contributed by atoms with Gasteiger partial charge in [0.25, 0.3) is 0 Å². The Bertz CT molecular complexity index is 824. The summed E-state index contributed by atoms with van der Waals surface area (Å²) >= 11 is 1.20. The van der Waals surface area contributed by atoms with E-state index in [4.69, 9.17) is 4.74 Å². The SMILES string of the molecule is O=C(CSc1n[nH]c(COc2ccccc2)n1)Nc1ccc(F)cc1. The second-order valence-electron chi connectivity index (χ2n) is 5.01. The minimum atomic E-state index is -0.349. The zero-order valence-corrected chi connectivity index (χ0v) is 13.9. The van der Waals surface area contributed by atoms with Gasteiger partial charge >= 0.3 is 0 Å². The summed E-state index contributed by atoms with van der Waals surface area (Å²) in [6, 6.07) is 15.0. The summed E-state index contributed by atoms with van der Waals surface area (Å²) in [5, 5.41) is 9.95. The summed E-state index contributed by atoms with van der Waals surface area (Å²) < 4.78 is 18.4. The molecule has 2 N–H and O–H groups in total. The summed E-state index contributed by atoms with van der Waals surface area (Å²) in [4.78, 5) is 16.1. The van der Waals surface area contributed by atoms with E-state index in [1.807, 2.05) is 30.3 Å². The fraction of sp³-hybridized carbons (Fsp3) is 0.118. The number of aromatic nitrogens is 3. The maximum Gasteiger partial charge on any atom is 0.234 e. The molecule has 3 rings (SSSR count). The molecular formula is C17H15FN4O2S. The quantitative estimate of drug-likeness (QED) is 0.634. The van der Waals surface area contributed by atoms with Gasteiger partial charge in [-0.05, 0) is 36.4 Å². The van der Waals surface area contributed by atoms with Crippen LogP contribution in [0.1, 0.15) is 5.82 Å². The van der Waals surface area contributed by atoms with E-state index < -0.39 is 0 Å². The smallest absolute Gasteiger partial charge is 0.234 e. The van der Waals surface area contributed by atoms with Crippen LogP contribution in [0.2, 0.25) is 0 Å². The first kappa shape index (κ1) is 17.0. The molecule has 0 unspecified atom stereocenters. The number of halogens is 1. The Kier molecular flexibility index (Phi) is 5.63. The van der Waals surface area contributed by atoms with Crippen molar-refractivity contribution in [2.45, 2.75) is 11.8 Å². The number of carbonyl (C=O) groups excluding carboxylic acids is 1. The number of nitrogens with zero attached hydrogens (tertiary/aromatic N) is 2. The first-order valence-electron chi connectivity index (χ1n) is 7.46. The summed E-state index contributed by atoms with van der Waals surface area (Å²) in [6.07, 6.45) is 0. The maximum atomic E-state index is 12.8. The second kappa shape index (κ2) is 8.29. The van der Waals surface area contributed by atoms with E-state index in [1.165, 1.54) is 36.0 Å². The van der Waals surface area contributed by atoms with Crippen LogP contribution in [0.5, 0.6) is 5.75 Å². The lowest BCUT2D eigenvalue weighted by Crippen LogP contribution is -2.14. The Hall–Kier alpha value is -2.87. The Morgan fingerprint density at radius 2 is 1.92 bits per heavy atom. The largest absolute Gasteiger partial charge is 0.486 e. The number of anilines is 1. The number of amides is 1. The molecule has 0 spiro atoms. The highest BCUT2D eigenvalue weighted by atomic mass is 32.2. The number of thioether (sulfide) groups is 1. The monoisotopic (exact) mass is 358 g/mol. The molecule has 1 aromatic heterocycles. The number of hydrogen-bond acceptors (Lipinski definition) is 5. The third-order valence-electron chi connectivity index (χ3n) is 3.09. The van der Waals surface area contributed by atoms with Crippen molar-refractivity contribution in [1.29, 1.82) is 0 Å². The molecule has 0 fully saturated rings. The predicted molar refractivity (Wildman–Crippen MR) is 92.9 cm³/mol. The molecule has 0 saturated heterocycles. The van der Waals surface area contributed by atoms with Crippen molar-refractivity contribution in [3.63, 3.8) is 0 Å². The van der Waals surface area contributed by atoms with E-state index in [2.05, 4.69) is 20.5 Å². The van der Waals surface area contributed by atoms with Gasteiger partial charge in [-0.15, -0.1) is 5.10 Å². The minimum absolute atomic E-state index is 0.147. The molecule has 0 saturated carbocycles. The molecule has 1 amide bonds. The number of H-pyrrole nitrogens is 1. The molecule has 25 heavy (non-hydrogen) atoms. The molecule has 8 heteroatoms. The Morgan fingerprint density at radius 3 is 2.68 bits per heavy atom. The van der Waals surface area contributed by atoms with E-state index in [0.717, 1.165) is 5.75 Å². The lowest BCUT2D eigenvalue weighted by Gasteiger charge is -2.03. The molecule has 128 valence electrons. The van der Waals surface area contributed by atoms with Gasteiger partial charge in [0, 0.05) is 5.69 Å². The zero-order chi connectivity index (χ0) is 17.5. The number of para-hydroxylation sites is 1. The fourth-order valence-corrected chi connectivity index (χ4v) is 2.55. The number of benzene rings is 2. The van der Waals surface area contributed by atoms with Gasteiger partial charge in [0.15, 0.2) is 5.82 Å². The third kappa shape index (κ3) is 5.32. The van der Waals surface area contributed by atoms with E-state index in [1.54, 1.807) is 0 Å². The highest BCUT2D eigenvalue weighted by Crippen LogP contribution is 2.15. The molecule has 0 aliphatic heterocycles. The summed E-state index contributed by atoms with van der Waals surface area (Å²) in [6.45, 7) is 0.263. The lowest BCUT2D eigenvalue weighted by molar-refractivity contribution is -0.113. The van der Waals surface area contributed by atoms with Crippen LogP contribution in [0.3, 0.4) is 0 Å². The predicted octanol–water partition coefficient (Wildman–Crippen LogP) is 3.25. The van der Waals surface area contributed by atoms with Gasteiger partial charge in [-0.3, -0.25) is 9.89 Å². The molecule has 6 nitrogen and oxygen atoms in total. The van der Waals surface area contributed by atoms with E-state index in [9.17, 15) is 9.18 Å². The number of carbonyl (C=O) groups is 1. The van der Waals surface area contributed by atoms with Crippen LogP contribution in [-0.4, -0.2) is 26.8 Å². The van der Waals surface area contributed by atoms with Gasteiger partial charge < -0.3 is 10.1 Å². The molecule has 1 heterocycles. The molecule has 0 bridgehead atoms. The molecular weight excluding hydrogens is 343 g/mol. The minimum Gasteiger partial charge on any atom is -0.486 e. The van der Waals surface area contributed by atoms with E-state index in [0.29, 0.717) is 16.7 Å².